The molecule has 0 radical (unpaired) electrons. The van der Waals surface area contributed by atoms with Crippen molar-refractivity contribution in [3.8, 4) is 0 Å². The van der Waals surface area contributed by atoms with E-state index in [1.165, 1.54) is 0 Å². The van der Waals surface area contributed by atoms with E-state index in [1.54, 1.807) is 14.2 Å². The van der Waals surface area contributed by atoms with E-state index in [4.69, 9.17) is 9.47 Å². The van der Waals surface area contributed by atoms with Crippen molar-refractivity contribution >= 4 is 0 Å². The van der Waals surface area contributed by atoms with E-state index < -0.39 is 0 Å². The lowest BCUT2D eigenvalue weighted by molar-refractivity contribution is 0.168. The van der Waals surface area contributed by atoms with Gasteiger partial charge in [0.15, 0.2) is 0 Å². The third kappa shape index (κ3) is 2.79. The average Bonchev–Trinajstić information content (AvgIpc) is 2.10. The molecule has 13 heavy (non-hydrogen) atoms. The van der Waals surface area contributed by atoms with Crippen LogP contribution in [-0.4, -0.2) is 19.2 Å². The minimum atomic E-state index is 0.589. The summed E-state index contributed by atoms with van der Waals surface area (Å²) in [6.45, 7) is 3.17. The summed E-state index contributed by atoms with van der Waals surface area (Å²) in [7, 11) is 3.36. The molecule has 0 atom stereocenters. The Morgan fingerprint density at radius 3 is 2.38 bits per heavy atom. The Kier molecular flexibility index (Phi) is 3.86. The maximum absolute atomic E-state index is 5.09. The quantitative estimate of drug-likeness (QED) is 0.708. The summed E-state index contributed by atoms with van der Waals surface area (Å²) in [6.07, 6.45) is 1.84. The molecule has 0 saturated heterocycles. The van der Waals surface area contributed by atoms with Crippen LogP contribution in [0.4, 0.5) is 0 Å². The van der Waals surface area contributed by atoms with Crippen LogP contribution in [0.5, 0.6) is 0 Å². The van der Waals surface area contributed by atoms with Gasteiger partial charge >= 0.3 is 0 Å². The normalized spacial score (nSPS) is 10.4. The number of methoxy groups -OCH3 is 2. The summed E-state index contributed by atoms with van der Waals surface area (Å²) >= 11 is 0. The second-order valence-electron chi connectivity index (χ2n) is 2.96. The highest BCUT2D eigenvalue weighted by Crippen LogP contribution is 2.11. The van der Waals surface area contributed by atoms with Crippen molar-refractivity contribution in [2.45, 2.75) is 20.1 Å². The number of aromatic nitrogens is 1. The van der Waals surface area contributed by atoms with Gasteiger partial charge in [-0.05, 0) is 18.6 Å². The summed E-state index contributed by atoms with van der Waals surface area (Å²) in [5.74, 6) is 0. The van der Waals surface area contributed by atoms with Gasteiger partial charge in [-0.2, -0.15) is 0 Å². The molecule has 0 bridgehead atoms. The Labute approximate surface area is 78.7 Å². The largest absolute Gasteiger partial charge is 0.380 e. The second-order valence-corrected chi connectivity index (χ2v) is 2.96. The van der Waals surface area contributed by atoms with Crippen LogP contribution in [0.2, 0.25) is 0 Å². The Morgan fingerprint density at radius 2 is 1.77 bits per heavy atom. The number of nitrogens with zero attached hydrogens (tertiary/aromatic N) is 1. The van der Waals surface area contributed by atoms with Crippen molar-refractivity contribution in [1.82, 2.24) is 4.98 Å². The van der Waals surface area contributed by atoms with Gasteiger partial charge in [-0.25, -0.2) is 0 Å². The minimum Gasteiger partial charge on any atom is -0.380 e. The van der Waals surface area contributed by atoms with Gasteiger partial charge in [0.1, 0.15) is 0 Å². The van der Waals surface area contributed by atoms with Crippen molar-refractivity contribution in [2.75, 3.05) is 14.2 Å². The zero-order chi connectivity index (χ0) is 9.68. The summed E-state index contributed by atoms with van der Waals surface area (Å²) in [4.78, 5) is 4.21. The molecule has 0 saturated carbocycles. The monoisotopic (exact) mass is 181 g/mol. The molecule has 1 aromatic rings. The van der Waals surface area contributed by atoms with Gasteiger partial charge < -0.3 is 9.47 Å². The molecule has 0 unspecified atom stereocenters. The molecule has 0 spiro atoms. The fourth-order valence-electron chi connectivity index (χ4n) is 1.22. The molecule has 72 valence electrons. The van der Waals surface area contributed by atoms with Crippen molar-refractivity contribution in [3.63, 3.8) is 0 Å². The molecule has 1 rings (SSSR count). The Hall–Kier alpha value is -0.930. The zero-order valence-electron chi connectivity index (χ0n) is 8.33. The van der Waals surface area contributed by atoms with Crippen LogP contribution in [0, 0.1) is 6.92 Å². The smallest absolute Gasteiger partial charge is 0.0731 e. The highest BCUT2D eigenvalue weighted by atomic mass is 16.5. The molecule has 0 amide bonds. The number of aryl methyl sites for hydroxylation is 1. The van der Waals surface area contributed by atoms with Crippen LogP contribution in [0.1, 0.15) is 16.8 Å². The minimum absolute atomic E-state index is 0.589. The number of pyridine rings is 1. The Balaban J connectivity index is 2.89. The Bertz CT molecular complexity index is 274. The van der Waals surface area contributed by atoms with E-state index in [-0.39, 0.29) is 0 Å². The van der Waals surface area contributed by atoms with Crippen LogP contribution < -0.4 is 0 Å². The first-order valence-corrected chi connectivity index (χ1v) is 4.20. The van der Waals surface area contributed by atoms with Crippen LogP contribution in [0.15, 0.2) is 12.3 Å². The molecule has 0 aliphatic heterocycles. The number of hydrogen-bond acceptors (Lipinski definition) is 3. The number of hydrogen-bond donors (Lipinski definition) is 0. The van der Waals surface area contributed by atoms with E-state index in [1.807, 2.05) is 19.2 Å². The molecular formula is C10H15NO2. The van der Waals surface area contributed by atoms with Crippen LogP contribution in [0.25, 0.3) is 0 Å². The van der Waals surface area contributed by atoms with Crippen molar-refractivity contribution < 1.29 is 9.47 Å². The molecule has 0 N–H and O–H groups in total. The highest BCUT2D eigenvalue weighted by Gasteiger charge is 2.02. The molecule has 1 heterocycles. The van der Waals surface area contributed by atoms with Crippen LogP contribution in [-0.2, 0) is 22.7 Å². The van der Waals surface area contributed by atoms with Crippen LogP contribution in [0.3, 0.4) is 0 Å². The average molecular weight is 181 g/mol. The van der Waals surface area contributed by atoms with Gasteiger partial charge in [-0.15, -0.1) is 0 Å². The summed E-state index contributed by atoms with van der Waals surface area (Å²) in [6, 6.07) is 2.03. The molecule has 3 nitrogen and oxygen atoms in total. The summed E-state index contributed by atoms with van der Waals surface area (Å²) < 4.78 is 10.1. The van der Waals surface area contributed by atoms with Gasteiger partial charge in [0.2, 0.25) is 0 Å². The van der Waals surface area contributed by atoms with Gasteiger partial charge in [0.05, 0.1) is 13.2 Å². The lowest BCUT2D eigenvalue weighted by Gasteiger charge is -2.07. The third-order valence-electron chi connectivity index (χ3n) is 1.82. The highest BCUT2D eigenvalue weighted by molar-refractivity contribution is 5.25. The topological polar surface area (TPSA) is 31.4 Å². The maximum Gasteiger partial charge on any atom is 0.0731 e. The zero-order valence-corrected chi connectivity index (χ0v) is 8.33. The first-order valence-electron chi connectivity index (χ1n) is 4.20. The van der Waals surface area contributed by atoms with E-state index >= 15 is 0 Å². The van der Waals surface area contributed by atoms with Gasteiger partial charge in [0.25, 0.3) is 0 Å². The fraction of sp³-hybridized carbons (Fsp3) is 0.500. The number of ether oxygens (including phenoxy) is 2. The predicted molar refractivity (Wildman–Crippen MR) is 50.4 cm³/mol. The molecule has 0 aliphatic rings. The molecular weight excluding hydrogens is 166 g/mol. The molecule has 3 heteroatoms. The third-order valence-corrected chi connectivity index (χ3v) is 1.82. The molecule has 1 aromatic heterocycles. The predicted octanol–water partition coefficient (Wildman–Crippen LogP) is 1.68. The first-order chi connectivity index (χ1) is 6.27. The maximum atomic E-state index is 5.09. The number of rotatable bonds is 4. The molecule has 0 aromatic carbocycles. The van der Waals surface area contributed by atoms with E-state index in [0.29, 0.717) is 13.2 Å². The second kappa shape index (κ2) is 4.94. The van der Waals surface area contributed by atoms with Crippen molar-refractivity contribution in [3.05, 3.63) is 29.1 Å². The molecule has 0 aliphatic carbocycles. The van der Waals surface area contributed by atoms with Crippen LogP contribution >= 0.6 is 0 Å². The van der Waals surface area contributed by atoms with E-state index in [9.17, 15) is 0 Å². The van der Waals surface area contributed by atoms with E-state index in [2.05, 4.69) is 4.98 Å². The summed E-state index contributed by atoms with van der Waals surface area (Å²) in [5.41, 5.74) is 3.25. The van der Waals surface area contributed by atoms with Crippen molar-refractivity contribution in [2.24, 2.45) is 0 Å². The van der Waals surface area contributed by atoms with Gasteiger partial charge in [0, 0.05) is 31.7 Å². The lowest BCUT2D eigenvalue weighted by Crippen LogP contribution is -1.99. The first kappa shape index (κ1) is 10.2. The standard InChI is InChI=1S/C10H15NO2/c1-8-4-9(6-12-2)10(5-11-8)7-13-3/h4-5H,6-7H2,1-3H3. The Morgan fingerprint density at radius 1 is 1.15 bits per heavy atom. The fourth-order valence-corrected chi connectivity index (χ4v) is 1.22. The lowest BCUT2D eigenvalue weighted by atomic mass is 10.1. The molecule has 0 fully saturated rings. The van der Waals surface area contributed by atoms with Crippen molar-refractivity contribution in [1.29, 1.82) is 0 Å². The summed E-state index contributed by atoms with van der Waals surface area (Å²) in [5, 5.41) is 0. The van der Waals surface area contributed by atoms with Gasteiger partial charge in [-0.3, -0.25) is 4.98 Å². The van der Waals surface area contributed by atoms with E-state index in [0.717, 1.165) is 16.8 Å². The van der Waals surface area contributed by atoms with Gasteiger partial charge in [-0.1, -0.05) is 0 Å². The SMILES string of the molecule is COCc1cnc(C)cc1COC.